The molecule has 160 valence electrons. The number of benzene rings is 1. The van der Waals surface area contributed by atoms with Crippen molar-refractivity contribution in [1.82, 2.24) is 24.3 Å². The highest BCUT2D eigenvalue weighted by Crippen LogP contribution is 2.27. The van der Waals surface area contributed by atoms with Crippen molar-refractivity contribution >= 4 is 28.9 Å². The maximum absolute atomic E-state index is 13.1. The Morgan fingerprint density at radius 1 is 1.13 bits per heavy atom. The number of carbonyl (C=O) groups excluding carboxylic acids is 1. The van der Waals surface area contributed by atoms with Crippen molar-refractivity contribution in [2.45, 2.75) is 12.5 Å². The quantitative estimate of drug-likeness (QED) is 0.642. The Labute approximate surface area is 186 Å². The molecule has 0 spiro atoms. The average Bonchev–Trinajstić information content (AvgIpc) is 3.47. The molecule has 3 heterocycles. The van der Waals surface area contributed by atoms with Gasteiger partial charge in [0.05, 0.1) is 30.3 Å². The highest BCUT2D eigenvalue weighted by Gasteiger charge is 2.28. The Kier molecular flexibility index (Phi) is 6.23. The molecule has 1 amide bonds. The highest BCUT2D eigenvalue weighted by molar-refractivity contribution is 6.30. The van der Waals surface area contributed by atoms with Gasteiger partial charge in [-0.2, -0.15) is 0 Å². The molecule has 0 aliphatic carbocycles. The summed E-state index contributed by atoms with van der Waals surface area (Å²) in [7, 11) is 1.89. The van der Waals surface area contributed by atoms with Gasteiger partial charge < -0.3 is 20.1 Å². The third-order valence-electron chi connectivity index (χ3n) is 5.58. The molecule has 2 N–H and O–H groups in total. The second-order valence-corrected chi connectivity index (χ2v) is 8.09. The van der Waals surface area contributed by atoms with Gasteiger partial charge in [0.15, 0.2) is 0 Å². The summed E-state index contributed by atoms with van der Waals surface area (Å²) in [5.74, 6) is 0.0700. The molecule has 0 saturated carbocycles. The molecule has 0 radical (unpaired) electrons. The third-order valence-corrected chi connectivity index (χ3v) is 5.83. The van der Waals surface area contributed by atoms with E-state index in [0.29, 0.717) is 17.3 Å². The molecule has 4 rings (SSSR count). The van der Waals surface area contributed by atoms with Crippen LogP contribution in [0.15, 0.2) is 67.5 Å². The number of hydrogen-bond donors (Lipinski definition) is 1. The Balaban J connectivity index is 1.55. The Bertz CT molecular complexity index is 1050. The number of pyridine rings is 1. The van der Waals surface area contributed by atoms with Crippen LogP contribution in [0.25, 0.3) is 11.4 Å². The first-order valence-corrected chi connectivity index (χ1v) is 10.5. The predicted octanol–water partition coefficient (Wildman–Crippen LogP) is 3.12. The number of imidazole rings is 1. The molecule has 1 aromatic carbocycles. The molecule has 1 aliphatic heterocycles. The molecular weight excluding hydrogens is 412 g/mol. The zero-order valence-corrected chi connectivity index (χ0v) is 18.1. The van der Waals surface area contributed by atoms with E-state index in [9.17, 15) is 4.79 Å². The van der Waals surface area contributed by atoms with Crippen LogP contribution in [-0.4, -0.2) is 56.9 Å². The fourth-order valence-electron chi connectivity index (χ4n) is 3.94. The summed E-state index contributed by atoms with van der Waals surface area (Å²) >= 11 is 6.03. The van der Waals surface area contributed by atoms with E-state index in [2.05, 4.69) is 14.5 Å². The van der Waals surface area contributed by atoms with Crippen LogP contribution in [0.5, 0.6) is 0 Å². The Morgan fingerprint density at radius 3 is 2.55 bits per heavy atom. The monoisotopic (exact) mass is 436 g/mol. The van der Waals surface area contributed by atoms with Gasteiger partial charge in [-0.1, -0.05) is 23.7 Å². The molecule has 7 nitrogen and oxygen atoms in total. The molecule has 1 fully saturated rings. The zero-order chi connectivity index (χ0) is 21.8. The van der Waals surface area contributed by atoms with E-state index in [-0.39, 0.29) is 18.5 Å². The van der Waals surface area contributed by atoms with Crippen molar-refractivity contribution < 1.29 is 4.79 Å². The lowest BCUT2D eigenvalue weighted by atomic mass is 10.1. The van der Waals surface area contributed by atoms with Gasteiger partial charge in [-0.25, -0.2) is 4.98 Å². The summed E-state index contributed by atoms with van der Waals surface area (Å²) < 4.78 is 2.07. The van der Waals surface area contributed by atoms with E-state index in [1.54, 1.807) is 30.7 Å². The molecule has 1 aliphatic rings. The zero-order valence-electron chi connectivity index (χ0n) is 17.4. The number of nitrogens with two attached hydrogens (primary N) is 1. The van der Waals surface area contributed by atoms with E-state index < -0.39 is 0 Å². The predicted molar refractivity (Wildman–Crippen MR) is 122 cm³/mol. The maximum Gasteiger partial charge on any atom is 0.242 e. The molecule has 1 saturated heterocycles. The van der Waals surface area contributed by atoms with Crippen LogP contribution >= 0.6 is 11.6 Å². The van der Waals surface area contributed by atoms with Crippen molar-refractivity contribution in [2.75, 3.05) is 26.7 Å². The van der Waals surface area contributed by atoms with Crippen LogP contribution in [-0.2, 0) is 4.79 Å². The van der Waals surface area contributed by atoms with Gasteiger partial charge in [0, 0.05) is 55.5 Å². The Morgan fingerprint density at radius 2 is 1.87 bits per heavy atom. The third kappa shape index (κ3) is 4.72. The summed E-state index contributed by atoms with van der Waals surface area (Å²) in [6.45, 7) is 1.64. The first-order valence-electron chi connectivity index (χ1n) is 10.2. The van der Waals surface area contributed by atoms with Gasteiger partial charge >= 0.3 is 0 Å². The summed E-state index contributed by atoms with van der Waals surface area (Å²) in [4.78, 5) is 25.1. The number of likely N-dealkylation sites (N-methyl/N-ethyl adjacent to an activating group) is 1. The first kappa shape index (κ1) is 20.9. The molecule has 0 bridgehead atoms. The second-order valence-electron chi connectivity index (χ2n) is 7.65. The largest absolute Gasteiger partial charge is 0.397 e. The number of amides is 1. The fraction of sp³-hybridized carbons (Fsp3) is 0.261. The molecule has 2 aromatic heterocycles. The number of halogens is 1. The molecule has 3 aromatic rings. The maximum atomic E-state index is 13.1. The molecule has 8 heteroatoms. The van der Waals surface area contributed by atoms with Gasteiger partial charge in [-0.05, 0) is 36.2 Å². The van der Waals surface area contributed by atoms with Crippen LogP contribution in [0.3, 0.4) is 0 Å². The normalized spacial score (nSPS) is 16.8. The van der Waals surface area contributed by atoms with Gasteiger partial charge in [-0.15, -0.1) is 0 Å². The molecule has 1 atom stereocenters. The van der Waals surface area contributed by atoms with Gasteiger partial charge in [0.2, 0.25) is 5.91 Å². The van der Waals surface area contributed by atoms with Crippen molar-refractivity contribution in [2.24, 2.45) is 5.73 Å². The SMILES string of the molecule is CN(CC(=O)N1CCC(n2ccnc2)C1)/C(=C(\N)c1ccc(Cl)cc1)c1ccncc1. The number of aromatic nitrogens is 3. The number of likely N-dealkylation sites (tertiary alicyclic amines) is 1. The average molecular weight is 437 g/mol. The fourth-order valence-corrected chi connectivity index (χ4v) is 4.06. The van der Waals surface area contributed by atoms with Crippen LogP contribution in [0.4, 0.5) is 0 Å². The number of nitrogens with zero attached hydrogens (tertiary/aromatic N) is 5. The van der Waals surface area contributed by atoms with E-state index in [1.165, 1.54) is 0 Å². The van der Waals surface area contributed by atoms with Crippen molar-refractivity contribution in [3.8, 4) is 0 Å². The summed E-state index contributed by atoms with van der Waals surface area (Å²) in [5, 5.41) is 0.645. The van der Waals surface area contributed by atoms with Crippen LogP contribution < -0.4 is 5.73 Å². The van der Waals surface area contributed by atoms with Gasteiger partial charge in [-0.3, -0.25) is 9.78 Å². The Hall–Kier alpha value is -3.32. The molecule has 1 unspecified atom stereocenters. The molecular formula is C23H25ClN6O. The van der Waals surface area contributed by atoms with Crippen molar-refractivity contribution in [3.63, 3.8) is 0 Å². The van der Waals surface area contributed by atoms with E-state index >= 15 is 0 Å². The minimum atomic E-state index is 0.0700. The smallest absolute Gasteiger partial charge is 0.242 e. The van der Waals surface area contributed by atoms with Gasteiger partial charge in [0.1, 0.15) is 0 Å². The van der Waals surface area contributed by atoms with Crippen molar-refractivity contribution in [1.29, 1.82) is 0 Å². The second kappa shape index (κ2) is 9.22. The van der Waals surface area contributed by atoms with Crippen LogP contribution in [0.1, 0.15) is 23.6 Å². The van der Waals surface area contributed by atoms with Crippen LogP contribution in [0.2, 0.25) is 5.02 Å². The minimum absolute atomic E-state index is 0.0700. The van der Waals surface area contributed by atoms with Gasteiger partial charge in [0.25, 0.3) is 0 Å². The number of hydrogen-bond acceptors (Lipinski definition) is 5. The lowest BCUT2D eigenvalue weighted by Crippen LogP contribution is -2.37. The van der Waals surface area contributed by atoms with E-state index in [4.69, 9.17) is 17.3 Å². The highest BCUT2D eigenvalue weighted by atomic mass is 35.5. The summed E-state index contributed by atoms with van der Waals surface area (Å²) in [5.41, 5.74) is 9.68. The lowest BCUT2D eigenvalue weighted by molar-refractivity contribution is -0.130. The minimum Gasteiger partial charge on any atom is -0.397 e. The summed E-state index contributed by atoms with van der Waals surface area (Å²) in [6, 6.07) is 11.4. The topological polar surface area (TPSA) is 80.3 Å². The standard InChI is InChI=1S/C23H25ClN6O/c1-28(15-21(31)29-12-8-20(14-29)30-13-11-27-16-30)23(18-6-9-26-10-7-18)22(25)17-2-4-19(24)5-3-17/h2-7,9-11,13,16,20H,8,12,14-15,25H2,1H3/b23-22-. The molecule has 31 heavy (non-hydrogen) atoms. The van der Waals surface area contributed by atoms with E-state index in [1.807, 2.05) is 53.6 Å². The number of carbonyl (C=O) groups is 1. The summed E-state index contributed by atoms with van der Waals surface area (Å²) in [6.07, 6.45) is 9.88. The van der Waals surface area contributed by atoms with Crippen LogP contribution in [0, 0.1) is 0 Å². The van der Waals surface area contributed by atoms with E-state index in [0.717, 1.165) is 29.8 Å². The number of rotatable bonds is 6. The van der Waals surface area contributed by atoms with Crippen molar-refractivity contribution in [3.05, 3.63) is 83.7 Å². The first-order chi connectivity index (χ1) is 15.0. The lowest BCUT2D eigenvalue weighted by Gasteiger charge is -2.27.